The van der Waals surface area contributed by atoms with Crippen LogP contribution >= 0.6 is 11.9 Å². The monoisotopic (exact) mass is 471 g/mol. The fourth-order valence-corrected chi connectivity index (χ4v) is 6.19. The lowest BCUT2D eigenvalue weighted by molar-refractivity contribution is -0.139. The SMILES string of the molecule is CC1CC2CC(CC(C)(C(N)=O)C2)C1NC(=O)C(C)(C)NSc1ccccc1C(F)(F)F. The van der Waals surface area contributed by atoms with Gasteiger partial charge in [0, 0.05) is 16.4 Å². The highest BCUT2D eigenvalue weighted by Gasteiger charge is 2.49. The average Bonchev–Trinajstić information content (AvgIpc) is 2.68. The molecule has 32 heavy (non-hydrogen) atoms. The molecule has 1 aromatic rings. The van der Waals surface area contributed by atoms with Crippen LogP contribution in [0.25, 0.3) is 0 Å². The molecule has 0 aliphatic heterocycles. The van der Waals surface area contributed by atoms with Gasteiger partial charge in [-0.25, -0.2) is 4.72 Å². The summed E-state index contributed by atoms with van der Waals surface area (Å²) in [7, 11) is 0. The van der Waals surface area contributed by atoms with E-state index in [1.165, 1.54) is 18.2 Å². The van der Waals surface area contributed by atoms with Crippen LogP contribution in [0.1, 0.15) is 58.9 Å². The number of fused-ring (bicyclic) bond motifs is 2. The van der Waals surface area contributed by atoms with Crippen LogP contribution in [0.2, 0.25) is 0 Å². The van der Waals surface area contributed by atoms with Crippen LogP contribution in [0, 0.1) is 23.2 Å². The minimum Gasteiger partial charge on any atom is -0.369 e. The zero-order valence-corrected chi connectivity index (χ0v) is 19.7. The summed E-state index contributed by atoms with van der Waals surface area (Å²) in [6, 6.07) is 5.17. The second-order valence-corrected chi connectivity index (χ2v) is 11.1. The summed E-state index contributed by atoms with van der Waals surface area (Å²) in [5.41, 5.74) is 3.25. The van der Waals surface area contributed by atoms with Gasteiger partial charge < -0.3 is 11.1 Å². The molecule has 5 unspecified atom stereocenters. The topological polar surface area (TPSA) is 84.2 Å². The highest BCUT2D eigenvalue weighted by atomic mass is 32.2. The first kappa shape index (κ1) is 24.9. The van der Waals surface area contributed by atoms with Gasteiger partial charge in [-0.05, 0) is 81.4 Å². The van der Waals surface area contributed by atoms with Crippen molar-refractivity contribution >= 4 is 23.8 Å². The van der Waals surface area contributed by atoms with E-state index in [1.54, 1.807) is 13.8 Å². The van der Waals surface area contributed by atoms with Crippen molar-refractivity contribution in [2.45, 2.75) is 76.0 Å². The van der Waals surface area contributed by atoms with Crippen molar-refractivity contribution in [1.29, 1.82) is 0 Å². The predicted octanol–water partition coefficient (Wildman–Crippen LogP) is 4.51. The molecule has 4 N–H and O–H groups in total. The summed E-state index contributed by atoms with van der Waals surface area (Å²) in [4.78, 5) is 25.2. The maximum absolute atomic E-state index is 13.3. The first-order valence-corrected chi connectivity index (χ1v) is 11.8. The Morgan fingerprint density at radius 3 is 2.44 bits per heavy atom. The van der Waals surface area contributed by atoms with Crippen molar-refractivity contribution in [1.82, 2.24) is 10.0 Å². The third-order valence-electron chi connectivity index (χ3n) is 6.98. The molecule has 2 bridgehead atoms. The molecular weight excluding hydrogens is 439 g/mol. The minimum atomic E-state index is -4.47. The fourth-order valence-electron chi connectivity index (χ4n) is 5.30. The quantitative estimate of drug-likeness (QED) is 0.533. The maximum Gasteiger partial charge on any atom is 0.417 e. The minimum absolute atomic E-state index is 0.0132. The van der Waals surface area contributed by atoms with Gasteiger partial charge in [0.25, 0.3) is 0 Å². The largest absolute Gasteiger partial charge is 0.417 e. The van der Waals surface area contributed by atoms with Gasteiger partial charge in [0.1, 0.15) is 5.54 Å². The van der Waals surface area contributed by atoms with E-state index < -0.39 is 22.7 Å². The Hall–Kier alpha value is -1.74. The van der Waals surface area contributed by atoms with Gasteiger partial charge in [0.2, 0.25) is 11.8 Å². The van der Waals surface area contributed by atoms with Crippen LogP contribution < -0.4 is 15.8 Å². The first-order valence-electron chi connectivity index (χ1n) is 10.9. The summed E-state index contributed by atoms with van der Waals surface area (Å²) in [6.45, 7) is 7.31. The molecule has 178 valence electrons. The summed E-state index contributed by atoms with van der Waals surface area (Å²) in [6.07, 6.45) is -1.20. The summed E-state index contributed by atoms with van der Waals surface area (Å²) < 4.78 is 42.7. The number of hydrogen-bond donors (Lipinski definition) is 3. The van der Waals surface area contributed by atoms with Crippen molar-refractivity contribution in [3.05, 3.63) is 29.8 Å². The molecule has 2 aliphatic rings. The Morgan fingerprint density at radius 2 is 1.81 bits per heavy atom. The standard InChI is InChI=1S/C23H32F3N3O2S/c1-13-9-14-10-15(12-22(4,11-14)19(27)30)18(13)28-20(31)21(2,3)29-32-17-8-6-5-7-16(17)23(24,25)26/h5-8,13-15,18,29H,9-12H2,1-4H3,(H2,27,30)(H,28,31). The Kier molecular flexibility index (Phi) is 6.92. The second-order valence-electron chi connectivity index (χ2n) is 10.2. The normalized spacial score (nSPS) is 30.6. The molecule has 0 aromatic heterocycles. The van der Waals surface area contributed by atoms with Gasteiger partial charge in [0.05, 0.1) is 5.56 Å². The van der Waals surface area contributed by atoms with Crippen molar-refractivity contribution < 1.29 is 22.8 Å². The number of nitrogens with two attached hydrogens (primary N) is 1. The Bertz CT molecular complexity index is 874. The molecule has 2 fully saturated rings. The number of benzene rings is 1. The van der Waals surface area contributed by atoms with Crippen LogP contribution in [-0.4, -0.2) is 23.4 Å². The van der Waals surface area contributed by atoms with Gasteiger partial charge in [-0.3, -0.25) is 9.59 Å². The average molecular weight is 472 g/mol. The van der Waals surface area contributed by atoms with Crippen molar-refractivity contribution in [2.24, 2.45) is 28.9 Å². The predicted molar refractivity (Wildman–Crippen MR) is 118 cm³/mol. The number of halogens is 3. The Morgan fingerprint density at radius 1 is 1.16 bits per heavy atom. The van der Waals surface area contributed by atoms with Gasteiger partial charge in [0.15, 0.2) is 0 Å². The van der Waals surface area contributed by atoms with E-state index in [4.69, 9.17) is 5.73 Å². The molecule has 2 amide bonds. The number of carbonyl (C=O) groups excluding carboxylic acids is 2. The number of nitrogens with one attached hydrogen (secondary N) is 2. The Labute approximate surface area is 191 Å². The summed E-state index contributed by atoms with van der Waals surface area (Å²) in [5.74, 6) is 0.225. The lowest BCUT2D eigenvalue weighted by atomic mass is 9.57. The van der Waals surface area contributed by atoms with E-state index in [1.807, 2.05) is 6.92 Å². The summed E-state index contributed by atoms with van der Waals surface area (Å²) >= 11 is 0.802. The van der Waals surface area contributed by atoms with Crippen LogP contribution in [0.3, 0.4) is 0 Å². The zero-order valence-electron chi connectivity index (χ0n) is 18.9. The molecule has 5 nitrogen and oxygen atoms in total. The highest BCUT2D eigenvalue weighted by Crippen LogP contribution is 2.50. The highest BCUT2D eigenvalue weighted by molar-refractivity contribution is 7.97. The molecule has 0 radical (unpaired) electrons. The molecular formula is C23H32F3N3O2S. The van der Waals surface area contributed by atoms with Crippen LogP contribution in [0.15, 0.2) is 29.2 Å². The van der Waals surface area contributed by atoms with E-state index in [0.29, 0.717) is 12.3 Å². The number of primary amides is 1. The lowest BCUT2D eigenvalue weighted by Crippen LogP contribution is -2.59. The second kappa shape index (κ2) is 8.89. The van der Waals surface area contributed by atoms with Crippen molar-refractivity contribution in [3.8, 4) is 0 Å². The maximum atomic E-state index is 13.3. The van der Waals surface area contributed by atoms with E-state index in [9.17, 15) is 22.8 Å². The molecule has 0 heterocycles. The van der Waals surface area contributed by atoms with E-state index in [-0.39, 0.29) is 34.6 Å². The fraction of sp³-hybridized carbons (Fsp3) is 0.652. The number of hydrogen-bond acceptors (Lipinski definition) is 4. The molecule has 1 aromatic carbocycles. The molecule has 9 heteroatoms. The van der Waals surface area contributed by atoms with Crippen molar-refractivity contribution in [3.63, 3.8) is 0 Å². The van der Waals surface area contributed by atoms with Crippen LogP contribution in [-0.2, 0) is 15.8 Å². The molecule has 3 rings (SSSR count). The van der Waals surface area contributed by atoms with Crippen molar-refractivity contribution in [2.75, 3.05) is 0 Å². The van der Waals surface area contributed by atoms with E-state index in [2.05, 4.69) is 17.0 Å². The van der Waals surface area contributed by atoms with Gasteiger partial charge in [-0.15, -0.1) is 0 Å². The third-order valence-corrected chi connectivity index (χ3v) is 8.17. The molecule has 0 spiro atoms. The molecule has 2 aliphatic carbocycles. The van der Waals surface area contributed by atoms with Crippen LogP contribution in [0.5, 0.6) is 0 Å². The smallest absolute Gasteiger partial charge is 0.369 e. The Balaban J connectivity index is 1.69. The van der Waals surface area contributed by atoms with E-state index >= 15 is 0 Å². The number of carbonyl (C=O) groups is 2. The number of rotatable bonds is 6. The molecule has 0 saturated heterocycles. The van der Waals surface area contributed by atoms with Gasteiger partial charge in [-0.1, -0.05) is 26.0 Å². The first-order chi connectivity index (χ1) is 14.7. The van der Waals surface area contributed by atoms with E-state index in [0.717, 1.165) is 37.3 Å². The molecule has 2 saturated carbocycles. The molecule has 5 atom stereocenters. The number of amides is 2. The number of alkyl halides is 3. The van der Waals surface area contributed by atoms with Gasteiger partial charge in [-0.2, -0.15) is 13.2 Å². The van der Waals surface area contributed by atoms with Crippen LogP contribution in [0.4, 0.5) is 13.2 Å². The summed E-state index contributed by atoms with van der Waals surface area (Å²) in [5, 5.41) is 3.13. The zero-order chi connectivity index (χ0) is 23.9. The third kappa shape index (κ3) is 5.25. The lowest BCUT2D eigenvalue weighted by Gasteiger charge is -2.50. The van der Waals surface area contributed by atoms with Gasteiger partial charge >= 0.3 is 6.18 Å².